The minimum Gasteiger partial charge on any atom is -0.391 e. The van der Waals surface area contributed by atoms with E-state index in [1.54, 1.807) is 6.21 Å². The van der Waals surface area contributed by atoms with Crippen LogP contribution >= 0.6 is 0 Å². The fourth-order valence-electron chi connectivity index (χ4n) is 2.79. The maximum atomic E-state index is 5.60. The van der Waals surface area contributed by atoms with Crippen molar-refractivity contribution in [3.8, 4) is 0 Å². The van der Waals surface area contributed by atoms with Crippen molar-refractivity contribution in [1.29, 1.82) is 0 Å². The van der Waals surface area contributed by atoms with Crippen molar-refractivity contribution in [2.45, 2.75) is 32.5 Å². The van der Waals surface area contributed by atoms with E-state index in [0.29, 0.717) is 13.2 Å². The quantitative estimate of drug-likeness (QED) is 0.309. The van der Waals surface area contributed by atoms with Crippen LogP contribution in [0.1, 0.15) is 29.5 Å². The van der Waals surface area contributed by atoms with Gasteiger partial charge >= 0.3 is 0 Å². The summed E-state index contributed by atoms with van der Waals surface area (Å²) in [6.07, 6.45) is 4.06. The van der Waals surface area contributed by atoms with Crippen LogP contribution in [0.4, 0.5) is 0 Å². The minimum atomic E-state index is 0.466. The molecule has 0 aliphatic rings. The van der Waals surface area contributed by atoms with Crippen LogP contribution < -0.4 is 0 Å². The van der Waals surface area contributed by atoms with Crippen molar-refractivity contribution < 1.29 is 9.68 Å². The zero-order valence-corrected chi connectivity index (χ0v) is 16.5. The Labute approximate surface area is 172 Å². The predicted molar refractivity (Wildman–Crippen MR) is 118 cm³/mol. The van der Waals surface area contributed by atoms with Crippen LogP contribution in [0, 0.1) is 0 Å². The summed E-state index contributed by atoms with van der Waals surface area (Å²) in [5.41, 5.74) is 4.41. The van der Waals surface area contributed by atoms with Crippen LogP contribution in [0.3, 0.4) is 0 Å². The molecule has 29 heavy (non-hydrogen) atoms. The van der Waals surface area contributed by atoms with Crippen molar-refractivity contribution in [2.24, 2.45) is 10.3 Å². The lowest BCUT2D eigenvalue weighted by Crippen LogP contribution is -2.05. The van der Waals surface area contributed by atoms with Crippen molar-refractivity contribution in [3.05, 3.63) is 108 Å². The molecule has 0 fully saturated rings. The van der Waals surface area contributed by atoms with Gasteiger partial charge in [0, 0.05) is 12.6 Å². The molecule has 3 rings (SSSR count). The van der Waals surface area contributed by atoms with Crippen LogP contribution in [-0.4, -0.2) is 11.9 Å². The molecule has 4 nitrogen and oxygen atoms in total. The normalized spacial score (nSPS) is 11.5. The Bertz CT molecular complexity index is 878. The van der Waals surface area contributed by atoms with Gasteiger partial charge in [-0.2, -0.15) is 0 Å². The first-order valence-electron chi connectivity index (χ1n) is 9.83. The fraction of sp³-hybridized carbons (Fsp3) is 0.200. The molecule has 0 heterocycles. The molecule has 3 aromatic rings. The van der Waals surface area contributed by atoms with Gasteiger partial charge in [0.1, 0.15) is 13.2 Å². The maximum absolute atomic E-state index is 5.60. The fourth-order valence-corrected chi connectivity index (χ4v) is 2.79. The summed E-state index contributed by atoms with van der Waals surface area (Å²) in [4.78, 5) is 11.0. The molecule has 148 valence electrons. The Balaban J connectivity index is 1.48. The van der Waals surface area contributed by atoms with Crippen molar-refractivity contribution in [2.75, 3.05) is 0 Å². The van der Waals surface area contributed by atoms with Gasteiger partial charge in [0.05, 0.1) is 5.71 Å². The van der Waals surface area contributed by atoms with E-state index in [1.165, 1.54) is 5.56 Å². The van der Waals surface area contributed by atoms with E-state index in [-0.39, 0.29) is 0 Å². The maximum Gasteiger partial charge on any atom is 0.142 e. The SMILES string of the molecule is C(CCC(Cc1ccccc1)=NOCc1ccccc1)=NOCc1ccccc1. The number of hydrogen-bond donors (Lipinski definition) is 0. The third-order valence-corrected chi connectivity index (χ3v) is 4.30. The molecule has 0 unspecified atom stereocenters. The highest BCUT2D eigenvalue weighted by Gasteiger charge is 2.03. The van der Waals surface area contributed by atoms with Gasteiger partial charge in [-0.25, -0.2) is 0 Å². The van der Waals surface area contributed by atoms with E-state index in [4.69, 9.17) is 9.68 Å². The molecule has 0 saturated heterocycles. The molecule has 0 aromatic heterocycles. The zero-order chi connectivity index (χ0) is 20.0. The number of rotatable bonds is 11. The highest BCUT2D eigenvalue weighted by molar-refractivity contribution is 5.87. The Morgan fingerprint density at radius 1 is 0.655 bits per heavy atom. The van der Waals surface area contributed by atoms with Gasteiger partial charge in [-0.1, -0.05) is 101 Å². The zero-order valence-electron chi connectivity index (χ0n) is 16.5. The average Bonchev–Trinajstić information content (AvgIpc) is 2.78. The topological polar surface area (TPSA) is 43.2 Å². The summed E-state index contributed by atoms with van der Waals surface area (Å²) in [6, 6.07) is 30.4. The van der Waals surface area contributed by atoms with Gasteiger partial charge in [0.2, 0.25) is 0 Å². The van der Waals surface area contributed by atoms with Gasteiger partial charge in [0.15, 0.2) is 0 Å². The Morgan fingerprint density at radius 2 is 1.17 bits per heavy atom. The summed E-state index contributed by atoms with van der Waals surface area (Å²) in [5, 5.41) is 8.45. The second-order valence-corrected chi connectivity index (χ2v) is 6.66. The van der Waals surface area contributed by atoms with Crippen molar-refractivity contribution in [3.63, 3.8) is 0 Å². The molecule has 3 aromatic carbocycles. The molecule has 0 amide bonds. The van der Waals surface area contributed by atoms with Crippen molar-refractivity contribution >= 4 is 11.9 Å². The van der Waals surface area contributed by atoms with Gasteiger partial charge in [0.25, 0.3) is 0 Å². The van der Waals surface area contributed by atoms with E-state index in [1.807, 2.05) is 78.9 Å². The molecule has 0 aliphatic heterocycles. The lowest BCUT2D eigenvalue weighted by molar-refractivity contribution is 0.129. The van der Waals surface area contributed by atoms with Crippen LogP contribution in [0.5, 0.6) is 0 Å². The Kier molecular flexibility index (Phi) is 8.51. The number of hydrogen-bond acceptors (Lipinski definition) is 4. The van der Waals surface area contributed by atoms with E-state index in [9.17, 15) is 0 Å². The van der Waals surface area contributed by atoms with Gasteiger partial charge in [-0.15, -0.1) is 0 Å². The third kappa shape index (κ3) is 8.01. The lowest BCUT2D eigenvalue weighted by Gasteiger charge is -2.06. The molecule has 0 N–H and O–H groups in total. The summed E-state index contributed by atoms with van der Waals surface area (Å²) in [5.74, 6) is 0. The largest absolute Gasteiger partial charge is 0.391 e. The molecule has 0 saturated carbocycles. The Morgan fingerprint density at radius 3 is 1.76 bits per heavy atom. The minimum absolute atomic E-state index is 0.466. The number of nitrogens with zero attached hydrogens (tertiary/aromatic N) is 2. The summed E-state index contributed by atoms with van der Waals surface area (Å²) in [6.45, 7) is 0.940. The predicted octanol–water partition coefficient (Wildman–Crippen LogP) is 5.78. The number of benzene rings is 3. The first-order valence-corrected chi connectivity index (χ1v) is 9.83. The van der Waals surface area contributed by atoms with Crippen LogP contribution in [0.2, 0.25) is 0 Å². The molecule has 0 aliphatic carbocycles. The summed E-state index contributed by atoms with van der Waals surface area (Å²) < 4.78 is 0. The van der Waals surface area contributed by atoms with Gasteiger partial charge < -0.3 is 9.68 Å². The monoisotopic (exact) mass is 386 g/mol. The van der Waals surface area contributed by atoms with Crippen LogP contribution in [0.25, 0.3) is 0 Å². The highest BCUT2D eigenvalue weighted by Crippen LogP contribution is 2.07. The first-order chi connectivity index (χ1) is 14.4. The molecule has 0 spiro atoms. The molecule has 0 atom stereocenters. The van der Waals surface area contributed by atoms with E-state index in [0.717, 1.165) is 36.1 Å². The standard InChI is InChI=1S/C25H26N2O2/c1-4-11-22(12-5-1)19-25(27-29-21-24-15-8-3-9-16-24)17-10-18-26-28-20-23-13-6-2-7-14-23/h1-9,11-16,18H,10,17,19-21H2. The highest BCUT2D eigenvalue weighted by atomic mass is 16.6. The smallest absolute Gasteiger partial charge is 0.142 e. The molecule has 0 bridgehead atoms. The molecular formula is C25H26N2O2. The van der Waals surface area contributed by atoms with Gasteiger partial charge in [-0.05, 0) is 29.5 Å². The number of oxime groups is 2. The summed E-state index contributed by atoms with van der Waals surface area (Å²) >= 11 is 0. The van der Waals surface area contributed by atoms with Crippen molar-refractivity contribution in [1.82, 2.24) is 0 Å². The third-order valence-electron chi connectivity index (χ3n) is 4.30. The first kappa shape index (κ1) is 20.3. The van der Waals surface area contributed by atoms with E-state index >= 15 is 0 Å². The molecule has 4 heteroatoms. The summed E-state index contributed by atoms with van der Waals surface area (Å²) in [7, 11) is 0. The van der Waals surface area contributed by atoms with E-state index < -0.39 is 0 Å². The second kappa shape index (κ2) is 12.1. The van der Waals surface area contributed by atoms with E-state index in [2.05, 4.69) is 22.4 Å². The second-order valence-electron chi connectivity index (χ2n) is 6.66. The molecule has 0 radical (unpaired) electrons. The van der Waals surface area contributed by atoms with Gasteiger partial charge in [-0.3, -0.25) is 0 Å². The van der Waals surface area contributed by atoms with Crippen LogP contribution in [0.15, 0.2) is 101 Å². The van der Waals surface area contributed by atoms with Crippen LogP contribution in [-0.2, 0) is 29.3 Å². The molecular weight excluding hydrogens is 360 g/mol. The average molecular weight is 386 g/mol. The lowest BCUT2D eigenvalue weighted by atomic mass is 10.1. The Hall–Kier alpha value is -3.40.